The largest absolute Gasteiger partial charge is 0.490 e. The molecule has 132 valence electrons. The van der Waals surface area contributed by atoms with E-state index < -0.39 is 24.5 Å². The average Bonchev–Trinajstić information content (AvgIpc) is 2.58. The zero-order valence-corrected chi connectivity index (χ0v) is 13.8. The van der Waals surface area contributed by atoms with Gasteiger partial charge in [-0.05, 0) is 25.5 Å². The number of urea groups is 1. The lowest BCUT2D eigenvalue weighted by atomic mass is 10.3. The van der Waals surface area contributed by atoms with E-state index in [-0.39, 0.29) is 6.42 Å². The summed E-state index contributed by atoms with van der Waals surface area (Å²) in [5.41, 5.74) is 0. The first-order valence-corrected chi connectivity index (χ1v) is 7.58. The lowest BCUT2D eigenvalue weighted by Gasteiger charge is -2.11. The van der Waals surface area contributed by atoms with Crippen LogP contribution in [0.1, 0.15) is 19.8 Å². The molecule has 0 bridgehead atoms. The van der Waals surface area contributed by atoms with E-state index in [2.05, 4.69) is 5.32 Å². The maximum absolute atomic E-state index is 11.5. The molecule has 24 heavy (non-hydrogen) atoms. The molecule has 8 nitrogen and oxygen atoms in total. The van der Waals surface area contributed by atoms with Crippen LogP contribution in [0.4, 0.5) is 4.79 Å². The molecule has 0 unspecified atom stereocenters. The third-order valence-corrected chi connectivity index (χ3v) is 2.78. The van der Waals surface area contributed by atoms with Gasteiger partial charge < -0.3 is 19.5 Å². The van der Waals surface area contributed by atoms with Crippen molar-refractivity contribution in [1.29, 1.82) is 0 Å². The highest BCUT2D eigenvalue weighted by molar-refractivity contribution is 5.95. The Kier molecular flexibility index (Phi) is 8.73. The fraction of sp³-hybridized carbons (Fsp3) is 0.438. The van der Waals surface area contributed by atoms with Gasteiger partial charge in [0.05, 0.1) is 13.2 Å². The van der Waals surface area contributed by atoms with Crippen molar-refractivity contribution in [2.24, 2.45) is 0 Å². The third-order valence-electron chi connectivity index (χ3n) is 2.78. The number of nitrogens with one attached hydrogen (secondary N) is 2. The zero-order chi connectivity index (χ0) is 17.8. The van der Waals surface area contributed by atoms with Crippen LogP contribution in [0, 0.1) is 0 Å². The Labute approximate surface area is 140 Å². The molecule has 0 aliphatic carbocycles. The van der Waals surface area contributed by atoms with E-state index in [1.807, 2.05) is 24.4 Å². The number of carbonyl (C=O) groups excluding carboxylic acids is 3. The predicted octanol–water partition coefficient (Wildman–Crippen LogP) is 1.24. The molecule has 0 saturated heterocycles. The molecule has 0 aromatic heterocycles. The summed E-state index contributed by atoms with van der Waals surface area (Å²) in [6.07, 6.45) is 0.528. The van der Waals surface area contributed by atoms with E-state index in [0.717, 1.165) is 0 Å². The first-order chi connectivity index (χ1) is 11.6. The smallest absolute Gasteiger partial charge is 0.321 e. The summed E-state index contributed by atoms with van der Waals surface area (Å²) in [6.45, 7) is 2.22. The second-order valence-electron chi connectivity index (χ2n) is 4.62. The van der Waals surface area contributed by atoms with Crippen LogP contribution in [0.5, 0.6) is 11.5 Å². The molecule has 0 aliphatic rings. The summed E-state index contributed by atoms with van der Waals surface area (Å²) in [5.74, 6) is 0.0273. The van der Waals surface area contributed by atoms with Crippen molar-refractivity contribution in [2.45, 2.75) is 19.8 Å². The molecule has 0 spiro atoms. The SMILES string of the molecule is CCOc1ccccc1OCCCC(=O)OCC(=O)NC(=O)NC. The summed E-state index contributed by atoms with van der Waals surface area (Å²) >= 11 is 0. The van der Waals surface area contributed by atoms with Crippen LogP contribution in [0.2, 0.25) is 0 Å². The topological polar surface area (TPSA) is 103 Å². The molecule has 1 rings (SSSR count). The van der Waals surface area contributed by atoms with Crippen molar-refractivity contribution in [1.82, 2.24) is 10.6 Å². The summed E-state index contributed by atoms with van der Waals surface area (Å²) in [4.78, 5) is 33.6. The zero-order valence-electron chi connectivity index (χ0n) is 13.8. The highest BCUT2D eigenvalue weighted by Gasteiger charge is 2.10. The summed E-state index contributed by atoms with van der Waals surface area (Å²) in [7, 11) is 1.37. The quantitative estimate of drug-likeness (QED) is 0.519. The van der Waals surface area contributed by atoms with Gasteiger partial charge in [0.1, 0.15) is 0 Å². The first-order valence-electron chi connectivity index (χ1n) is 7.58. The van der Waals surface area contributed by atoms with Crippen LogP contribution in [-0.4, -0.2) is 44.8 Å². The van der Waals surface area contributed by atoms with Crippen LogP contribution >= 0.6 is 0 Å². The summed E-state index contributed by atoms with van der Waals surface area (Å²) in [5, 5.41) is 4.20. The average molecular weight is 338 g/mol. The van der Waals surface area contributed by atoms with E-state index in [9.17, 15) is 14.4 Å². The summed E-state index contributed by atoms with van der Waals surface area (Å²) < 4.78 is 15.7. The van der Waals surface area contributed by atoms with Crippen LogP contribution in [-0.2, 0) is 14.3 Å². The van der Waals surface area contributed by atoms with Gasteiger partial charge in [0.2, 0.25) is 0 Å². The number of esters is 1. The molecular weight excluding hydrogens is 316 g/mol. The van der Waals surface area contributed by atoms with E-state index >= 15 is 0 Å². The number of amides is 3. The Morgan fingerprint density at radius 2 is 1.75 bits per heavy atom. The molecule has 3 amide bonds. The maximum atomic E-state index is 11.5. The number of hydrogen-bond donors (Lipinski definition) is 2. The molecular formula is C16H22N2O6. The molecule has 0 saturated carbocycles. The number of imide groups is 1. The molecule has 2 N–H and O–H groups in total. The first kappa shape index (κ1) is 19.3. The minimum absolute atomic E-state index is 0.101. The number of rotatable bonds is 9. The Balaban J connectivity index is 2.22. The molecule has 0 radical (unpaired) electrons. The van der Waals surface area contributed by atoms with Gasteiger partial charge in [-0.25, -0.2) is 4.79 Å². The molecule has 8 heteroatoms. The van der Waals surface area contributed by atoms with Gasteiger partial charge in [0.15, 0.2) is 18.1 Å². The fourth-order valence-corrected chi connectivity index (χ4v) is 1.69. The van der Waals surface area contributed by atoms with Gasteiger partial charge in [-0.2, -0.15) is 0 Å². The molecule has 0 atom stereocenters. The van der Waals surface area contributed by atoms with Crippen LogP contribution in [0.15, 0.2) is 24.3 Å². The fourth-order valence-electron chi connectivity index (χ4n) is 1.69. The lowest BCUT2D eigenvalue weighted by molar-refractivity contribution is -0.148. The Bertz CT molecular complexity index is 561. The monoisotopic (exact) mass is 338 g/mol. The number of carbonyl (C=O) groups is 3. The molecule has 1 aromatic rings. The van der Waals surface area contributed by atoms with Crippen molar-refractivity contribution >= 4 is 17.9 Å². The van der Waals surface area contributed by atoms with Crippen molar-refractivity contribution in [3.63, 3.8) is 0 Å². The lowest BCUT2D eigenvalue weighted by Crippen LogP contribution is -2.39. The van der Waals surface area contributed by atoms with Crippen molar-refractivity contribution < 1.29 is 28.6 Å². The molecule has 0 heterocycles. The highest BCUT2D eigenvalue weighted by atomic mass is 16.5. The van der Waals surface area contributed by atoms with Gasteiger partial charge in [-0.15, -0.1) is 0 Å². The third kappa shape index (κ3) is 7.48. The maximum Gasteiger partial charge on any atom is 0.321 e. The van der Waals surface area contributed by atoms with Gasteiger partial charge in [-0.1, -0.05) is 12.1 Å². The van der Waals surface area contributed by atoms with E-state index in [1.165, 1.54) is 7.05 Å². The van der Waals surface area contributed by atoms with Gasteiger partial charge in [0, 0.05) is 13.5 Å². The van der Waals surface area contributed by atoms with Gasteiger partial charge in [0.25, 0.3) is 5.91 Å². The second kappa shape index (κ2) is 10.9. The Morgan fingerprint density at radius 3 is 2.38 bits per heavy atom. The Morgan fingerprint density at radius 1 is 1.08 bits per heavy atom. The van der Waals surface area contributed by atoms with Crippen molar-refractivity contribution in [2.75, 3.05) is 26.9 Å². The number of hydrogen-bond acceptors (Lipinski definition) is 6. The molecule has 1 aromatic carbocycles. The van der Waals surface area contributed by atoms with E-state index in [0.29, 0.717) is 31.1 Å². The number of ether oxygens (including phenoxy) is 3. The molecule has 0 fully saturated rings. The normalized spacial score (nSPS) is 9.75. The predicted molar refractivity (Wildman–Crippen MR) is 85.9 cm³/mol. The van der Waals surface area contributed by atoms with Gasteiger partial charge >= 0.3 is 12.0 Å². The minimum atomic E-state index is -0.690. The number of benzene rings is 1. The molecule has 0 aliphatic heterocycles. The summed E-state index contributed by atoms with van der Waals surface area (Å²) in [6, 6.07) is 6.61. The number of para-hydroxylation sites is 2. The second-order valence-corrected chi connectivity index (χ2v) is 4.62. The van der Waals surface area contributed by atoms with E-state index in [4.69, 9.17) is 14.2 Å². The van der Waals surface area contributed by atoms with Crippen LogP contribution < -0.4 is 20.1 Å². The van der Waals surface area contributed by atoms with Gasteiger partial charge in [-0.3, -0.25) is 14.9 Å². The van der Waals surface area contributed by atoms with Crippen molar-refractivity contribution in [3.05, 3.63) is 24.3 Å². The highest BCUT2D eigenvalue weighted by Crippen LogP contribution is 2.26. The Hall–Kier alpha value is -2.77. The van der Waals surface area contributed by atoms with Crippen LogP contribution in [0.3, 0.4) is 0 Å². The van der Waals surface area contributed by atoms with Crippen molar-refractivity contribution in [3.8, 4) is 11.5 Å². The minimum Gasteiger partial charge on any atom is -0.490 e. The van der Waals surface area contributed by atoms with E-state index in [1.54, 1.807) is 12.1 Å². The standard InChI is InChI=1S/C16H22N2O6/c1-3-22-12-7-4-5-8-13(12)23-10-6-9-15(20)24-11-14(19)18-16(21)17-2/h4-5,7-8H,3,6,9-11H2,1-2H3,(H2,17,18,19,21). The van der Waals surface area contributed by atoms with Crippen LogP contribution in [0.25, 0.3) is 0 Å².